The molecule has 0 aliphatic heterocycles. The van der Waals surface area contributed by atoms with Gasteiger partial charge in [0.2, 0.25) is 0 Å². The van der Waals surface area contributed by atoms with Crippen molar-refractivity contribution in [2.24, 2.45) is 7.05 Å². The van der Waals surface area contributed by atoms with Crippen molar-refractivity contribution in [1.82, 2.24) is 19.9 Å². The van der Waals surface area contributed by atoms with Crippen LogP contribution < -0.4 is 5.32 Å². The number of nitrogens with one attached hydrogen (secondary N) is 1. The molecule has 0 spiro atoms. The van der Waals surface area contributed by atoms with Gasteiger partial charge >= 0.3 is 0 Å². The third-order valence-corrected chi connectivity index (χ3v) is 3.25. The summed E-state index contributed by atoms with van der Waals surface area (Å²) < 4.78 is 2.07. The molecule has 1 unspecified atom stereocenters. The Morgan fingerprint density at radius 1 is 1.37 bits per heavy atom. The summed E-state index contributed by atoms with van der Waals surface area (Å²) in [5, 5.41) is 3.59. The molecule has 0 aliphatic carbocycles. The summed E-state index contributed by atoms with van der Waals surface area (Å²) in [7, 11) is 2.04. The van der Waals surface area contributed by atoms with Crippen molar-refractivity contribution >= 4 is 0 Å². The number of rotatable bonds is 6. The van der Waals surface area contributed by atoms with Crippen LogP contribution in [0.4, 0.5) is 0 Å². The van der Waals surface area contributed by atoms with Gasteiger partial charge in [-0.05, 0) is 31.0 Å². The van der Waals surface area contributed by atoms with Gasteiger partial charge in [0.05, 0.1) is 0 Å². The first-order valence-corrected chi connectivity index (χ1v) is 6.82. The lowest BCUT2D eigenvalue weighted by molar-refractivity contribution is 0.510. The van der Waals surface area contributed by atoms with E-state index in [1.54, 1.807) is 0 Å². The van der Waals surface area contributed by atoms with E-state index in [9.17, 15) is 0 Å². The van der Waals surface area contributed by atoms with E-state index < -0.39 is 0 Å². The molecule has 4 heteroatoms. The second-order valence-electron chi connectivity index (χ2n) is 4.96. The Hall–Kier alpha value is -1.68. The number of aryl methyl sites for hydroxylation is 2. The van der Waals surface area contributed by atoms with E-state index in [0.29, 0.717) is 0 Å². The van der Waals surface area contributed by atoms with Crippen LogP contribution in [-0.4, -0.2) is 21.1 Å². The predicted octanol–water partition coefficient (Wildman–Crippen LogP) is 2.41. The summed E-state index contributed by atoms with van der Waals surface area (Å²) in [6.45, 7) is 5.26. The number of hydrogen-bond acceptors (Lipinski definition) is 3. The highest BCUT2D eigenvalue weighted by Crippen LogP contribution is 2.17. The van der Waals surface area contributed by atoms with Gasteiger partial charge < -0.3 is 9.88 Å². The number of pyridine rings is 1. The molecule has 0 fully saturated rings. The van der Waals surface area contributed by atoms with Crippen molar-refractivity contribution in [3.63, 3.8) is 0 Å². The third kappa shape index (κ3) is 3.64. The van der Waals surface area contributed by atoms with E-state index in [1.165, 1.54) is 11.1 Å². The van der Waals surface area contributed by atoms with E-state index in [1.807, 2.05) is 31.8 Å². The Balaban J connectivity index is 2.18. The summed E-state index contributed by atoms with van der Waals surface area (Å²) in [5.41, 5.74) is 2.43. The minimum Gasteiger partial charge on any atom is -0.338 e. The molecule has 0 aliphatic rings. The van der Waals surface area contributed by atoms with Crippen molar-refractivity contribution in [2.75, 3.05) is 6.54 Å². The molecule has 4 nitrogen and oxygen atoms in total. The van der Waals surface area contributed by atoms with Crippen LogP contribution in [0.5, 0.6) is 0 Å². The largest absolute Gasteiger partial charge is 0.338 e. The van der Waals surface area contributed by atoms with Gasteiger partial charge in [-0.3, -0.25) is 4.98 Å². The molecule has 0 saturated carbocycles. The number of imidazole rings is 1. The normalized spacial score (nSPS) is 12.6. The molecule has 0 amide bonds. The van der Waals surface area contributed by atoms with Gasteiger partial charge in [-0.1, -0.05) is 13.0 Å². The zero-order valence-corrected chi connectivity index (χ0v) is 11.9. The zero-order valence-electron chi connectivity index (χ0n) is 11.9. The van der Waals surface area contributed by atoms with Gasteiger partial charge in [0.1, 0.15) is 5.82 Å². The zero-order chi connectivity index (χ0) is 13.7. The highest BCUT2D eigenvalue weighted by Gasteiger charge is 2.14. The van der Waals surface area contributed by atoms with Crippen molar-refractivity contribution in [3.05, 3.63) is 47.8 Å². The van der Waals surface area contributed by atoms with Crippen LogP contribution in [0.1, 0.15) is 36.3 Å². The third-order valence-electron chi connectivity index (χ3n) is 3.25. The number of nitrogens with zero attached hydrogens (tertiary/aromatic N) is 3. The Bertz CT molecular complexity index is 518. The second-order valence-corrected chi connectivity index (χ2v) is 4.96. The lowest BCUT2D eigenvalue weighted by Gasteiger charge is -2.19. The fraction of sp³-hybridized carbons (Fsp3) is 0.467. The first-order chi connectivity index (χ1) is 9.20. The number of hydrogen-bond donors (Lipinski definition) is 1. The van der Waals surface area contributed by atoms with Crippen LogP contribution in [0.2, 0.25) is 0 Å². The van der Waals surface area contributed by atoms with Crippen molar-refractivity contribution in [3.8, 4) is 0 Å². The molecule has 2 aromatic heterocycles. The van der Waals surface area contributed by atoms with Crippen molar-refractivity contribution in [2.45, 2.75) is 32.7 Å². The van der Waals surface area contributed by atoms with Crippen LogP contribution in [0.3, 0.4) is 0 Å². The highest BCUT2D eigenvalue weighted by atomic mass is 15.0. The minimum absolute atomic E-state index is 0.272. The first kappa shape index (κ1) is 13.7. The quantitative estimate of drug-likeness (QED) is 0.865. The topological polar surface area (TPSA) is 42.7 Å². The van der Waals surface area contributed by atoms with E-state index in [0.717, 1.165) is 25.2 Å². The highest BCUT2D eigenvalue weighted by molar-refractivity contribution is 5.21. The molecule has 2 heterocycles. The molecule has 19 heavy (non-hydrogen) atoms. The average Bonchev–Trinajstić information content (AvgIpc) is 2.80. The maximum absolute atomic E-state index is 4.41. The van der Waals surface area contributed by atoms with E-state index in [4.69, 9.17) is 0 Å². The van der Waals surface area contributed by atoms with Crippen LogP contribution in [0, 0.1) is 6.92 Å². The molecule has 2 rings (SSSR count). The van der Waals surface area contributed by atoms with Crippen LogP contribution in [0.15, 0.2) is 30.9 Å². The monoisotopic (exact) mass is 258 g/mol. The fourth-order valence-electron chi connectivity index (χ4n) is 2.17. The SMILES string of the molecule is CCCNC(Cc1nccn1C)c1cncc(C)c1. The second kappa shape index (κ2) is 6.48. The van der Waals surface area contributed by atoms with E-state index in [-0.39, 0.29) is 6.04 Å². The van der Waals surface area contributed by atoms with Crippen LogP contribution in [0.25, 0.3) is 0 Å². The Labute approximate surface area is 114 Å². The molecule has 0 saturated heterocycles. The molecular formula is C15H22N4. The average molecular weight is 258 g/mol. The molecule has 2 aromatic rings. The molecule has 0 aromatic carbocycles. The minimum atomic E-state index is 0.272. The standard InChI is InChI=1S/C15H22N4/c1-4-5-17-14(9-15-18-6-7-19(15)3)13-8-12(2)10-16-11-13/h6-8,10-11,14,17H,4-5,9H2,1-3H3. The van der Waals surface area contributed by atoms with Gasteiger partial charge in [0.15, 0.2) is 0 Å². The smallest absolute Gasteiger partial charge is 0.110 e. The maximum atomic E-state index is 4.41. The fourth-order valence-corrected chi connectivity index (χ4v) is 2.17. The first-order valence-electron chi connectivity index (χ1n) is 6.82. The molecule has 0 bridgehead atoms. The Morgan fingerprint density at radius 2 is 2.21 bits per heavy atom. The lowest BCUT2D eigenvalue weighted by atomic mass is 10.0. The van der Waals surface area contributed by atoms with Crippen molar-refractivity contribution < 1.29 is 0 Å². The predicted molar refractivity (Wildman–Crippen MR) is 76.9 cm³/mol. The lowest BCUT2D eigenvalue weighted by Crippen LogP contribution is -2.25. The van der Waals surface area contributed by atoms with Gasteiger partial charge in [0.25, 0.3) is 0 Å². The Kier molecular flexibility index (Phi) is 4.68. The summed E-state index contributed by atoms with van der Waals surface area (Å²) in [4.78, 5) is 8.71. The van der Waals surface area contributed by atoms with Gasteiger partial charge in [-0.2, -0.15) is 0 Å². The summed E-state index contributed by atoms with van der Waals surface area (Å²) in [6.07, 6.45) is 9.68. The van der Waals surface area contributed by atoms with Crippen LogP contribution in [-0.2, 0) is 13.5 Å². The van der Waals surface area contributed by atoms with Gasteiger partial charge in [-0.15, -0.1) is 0 Å². The van der Waals surface area contributed by atoms with E-state index >= 15 is 0 Å². The molecule has 0 radical (unpaired) electrons. The molecule has 1 N–H and O–H groups in total. The summed E-state index contributed by atoms with van der Waals surface area (Å²) in [5.74, 6) is 1.09. The molecule has 1 atom stereocenters. The van der Waals surface area contributed by atoms with Gasteiger partial charge in [-0.25, -0.2) is 4.98 Å². The summed E-state index contributed by atoms with van der Waals surface area (Å²) >= 11 is 0. The summed E-state index contributed by atoms with van der Waals surface area (Å²) in [6, 6.07) is 2.47. The van der Waals surface area contributed by atoms with Crippen molar-refractivity contribution in [1.29, 1.82) is 0 Å². The van der Waals surface area contributed by atoms with Gasteiger partial charge in [0, 0.05) is 44.3 Å². The number of aromatic nitrogens is 3. The maximum Gasteiger partial charge on any atom is 0.110 e. The van der Waals surface area contributed by atoms with E-state index in [2.05, 4.69) is 39.8 Å². The van der Waals surface area contributed by atoms with Crippen LogP contribution >= 0.6 is 0 Å². The molecular weight excluding hydrogens is 236 g/mol. The molecule has 102 valence electrons. The Morgan fingerprint density at radius 3 is 2.84 bits per heavy atom.